The highest BCUT2D eigenvalue weighted by Crippen LogP contribution is 2.61. The number of methoxy groups -OCH3 is 2. The molecular weight excluding hydrogens is 335 g/mol. The van der Waals surface area contributed by atoms with Gasteiger partial charge in [-0.3, -0.25) is 4.57 Å². The van der Waals surface area contributed by atoms with Crippen LogP contribution >= 0.6 is 7.60 Å². The van der Waals surface area contributed by atoms with Crippen LogP contribution in [0.3, 0.4) is 0 Å². The van der Waals surface area contributed by atoms with Gasteiger partial charge in [0.2, 0.25) is 0 Å². The van der Waals surface area contributed by atoms with Gasteiger partial charge in [-0.15, -0.1) is 0 Å². The van der Waals surface area contributed by atoms with Crippen molar-refractivity contribution < 1.29 is 32.7 Å². The molecule has 1 aliphatic heterocycles. The van der Waals surface area contributed by atoms with Gasteiger partial charge in [-0.05, 0) is 5.57 Å². The van der Waals surface area contributed by atoms with E-state index in [9.17, 15) is 14.2 Å². The van der Waals surface area contributed by atoms with E-state index in [-0.39, 0.29) is 29.8 Å². The number of rotatable bonds is 3. The van der Waals surface area contributed by atoms with Gasteiger partial charge >= 0.3 is 19.5 Å². The van der Waals surface area contributed by atoms with Crippen molar-refractivity contribution >= 4 is 19.5 Å². The van der Waals surface area contributed by atoms with E-state index >= 15 is 0 Å². The monoisotopic (exact) mass is 358 g/mol. The Morgan fingerprint density at radius 1 is 1.04 bits per heavy atom. The maximum Gasteiger partial charge on any atom is 0.354 e. The molecule has 0 saturated carbocycles. The maximum atomic E-state index is 12.8. The van der Waals surface area contributed by atoms with E-state index in [0.717, 1.165) is 0 Å². The average Bonchev–Trinajstić information content (AvgIpc) is 2.52. The van der Waals surface area contributed by atoms with E-state index in [4.69, 9.17) is 18.5 Å². The molecule has 7 nitrogen and oxygen atoms in total. The first-order valence-electron chi connectivity index (χ1n) is 7.51. The molecule has 0 amide bonds. The second-order valence-corrected chi connectivity index (χ2v) is 9.01. The smallest absolute Gasteiger partial charge is 0.354 e. The summed E-state index contributed by atoms with van der Waals surface area (Å²) >= 11 is 0. The van der Waals surface area contributed by atoms with Gasteiger partial charge in [0.05, 0.1) is 38.6 Å². The van der Waals surface area contributed by atoms with E-state index in [0.29, 0.717) is 5.57 Å². The number of carbonyl (C=O) groups is 2. The number of ether oxygens (including phenoxy) is 2. The van der Waals surface area contributed by atoms with Gasteiger partial charge in [-0.25, -0.2) is 9.59 Å². The van der Waals surface area contributed by atoms with Crippen LogP contribution in [0.2, 0.25) is 0 Å². The van der Waals surface area contributed by atoms with Gasteiger partial charge in [0.1, 0.15) is 0 Å². The minimum Gasteiger partial charge on any atom is -0.466 e. The molecular formula is C16H23O7P. The molecule has 1 aliphatic carbocycles. The van der Waals surface area contributed by atoms with Gasteiger partial charge in [-0.2, -0.15) is 0 Å². The molecule has 8 heteroatoms. The van der Waals surface area contributed by atoms with Crippen molar-refractivity contribution in [3.05, 3.63) is 22.5 Å². The first kappa shape index (κ1) is 18.9. The van der Waals surface area contributed by atoms with Crippen molar-refractivity contribution in [1.29, 1.82) is 0 Å². The summed E-state index contributed by atoms with van der Waals surface area (Å²) in [4.78, 5) is 24.1. The molecule has 1 heterocycles. The lowest BCUT2D eigenvalue weighted by molar-refractivity contribution is -0.141. The molecule has 0 bridgehead atoms. The lowest BCUT2D eigenvalue weighted by Gasteiger charge is -2.42. The van der Waals surface area contributed by atoms with E-state index in [1.807, 2.05) is 13.8 Å². The Morgan fingerprint density at radius 3 is 2.00 bits per heavy atom. The molecule has 24 heavy (non-hydrogen) atoms. The Hall–Kier alpha value is -1.43. The van der Waals surface area contributed by atoms with Gasteiger partial charge in [0.25, 0.3) is 0 Å². The van der Waals surface area contributed by atoms with E-state index < -0.39 is 24.9 Å². The van der Waals surface area contributed by atoms with Crippen LogP contribution in [0.1, 0.15) is 27.7 Å². The summed E-state index contributed by atoms with van der Waals surface area (Å²) in [7, 11) is -1.05. The highest BCUT2D eigenvalue weighted by atomic mass is 31.2. The van der Waals surface area contributed by atoms with Crippen LogP contribution in [0.4, 0.5) is 0 Å². The average molecular weight is 358 g/mol. The van der Waals surface area contributed by atoms with Crippen molar-refractivity contribution in [1.82, 2.24) is 0 Å². The third kappa shape index (κ3) is 3.21. The molecule has 2 rings (SSSR count). The van der Waals surface area contributed by atoms with Crippen LogP contribution in [0.15, 0.2) is 22.5 Å². The number of hydrogen-bond acceptors (Lipinski definition) is 7. The van der Waals surface area contributed by atoms with Crippen LogP contribution in [-0.4, -0.2) is 39.4 Å². The number of hydrogen-bond donors (Lipinski definition) is 0. The summed E-state index contributed by atoms with van der Waals surface area (Å²) in [5.74, 6) is 0.00774. The standard InChI is InChI=1S/C16H23O7P/c1-15(2)8-22-24(19,23-9-15)7-10-11(13(17)20-5)12(14(18)21-6)16(10,3)4/h7H,8-9H2,1-6H3. The second kappa shape index (κ2) is 6.14. The first-order valence-corrected chi connectivity index (χ1v) is 9.12. The molecule has 0 unspecified atom stereocenters. The molecule has 0 aromatic carbocycles. The summed E-state index contributed by atoms with van der Waals surface area (Å²) < 4.78 is 33.1. The summed E-state index contributed by atoms with van der Waals surface area (Å²) in [6.07, 6.45) is 0. The van der Waals surface area contributed by atoms with E-state index in [1.165, 1.54) is 20.0 Å². The zero-order chi connectivity index (χ0) is 18.3. The molecule has 2 aliphatic rings. The van der Waals surface area contributed by atoms with Gasteiger partial charge < -0.3 is 18.5 Å². The Bertz CT molecular complexity index is 671. The largest absolute Gasteiger partial charge is 0.466 e. The van der Waals surface area contributed by atoms with Crippen molar-refractivity contribution in [3.8, 4) is 0 Å². The van der Waals surface area contributed by atoms with Crippen LogP contribution in [0, 0.1) is 10.8 Å². The van der Waals surface area contributed by atoms with Gasteiger partial charge in [-0.1, -0.05) is 27.7 Å². The van der Waals surface area contributed by atoms with Crippen LogP contribution in [0.5, 0.6) is 0 Å². The molecule has 0 spiro atoms. The molecule has 0 radical (unpaired) electrons. The van der Waals surface area contributed by atoms with Crippen molar-refractivity contribution in [2.45, 2.75) is 27.7 Å². The third-order valence-electron chi connectivity index (χ3n) is 4.15. The normalized spacial score (nSPS) is 25.8. The van der Waals surface area contributed by atoms with Crippen LogP contribution in [-0.2, 0) is 32.7 Å². The summed E-state index contributed by atoms with van der Waals surface area (Å²) in [5, 5.41) is 0. The first-order chi connectivity index (χ1) is 11.0. The fourth-order valence-electron chi connectivity index (χ4n) is 2.67. The van der Waals surface area contributed by atoms with Crippen molar-refractivity contribution in [3.63, 3.8) is 0 Å². The highest BCUT2D eigenvalue weighted by Gasteiger charge is 2.51. The SMILES string of the molecule is COC(=O)C1=C(C(=O)OC)C(C)(C)C1=CP1(=O)OCC(C)(C)CO1. The zero-order valence-electron chi connectivity index (χ0n) is 14.8. The summed E-state index contributed by atoms with van der Waals surface area (Å²) in [5.41, 5.74) is -0.417. The van der Waals surface area contributed by atoms with Gasteiger partial charge in [0.15, 0.2) is 0 Å². The van der Waals surface area contributed by atoms with E-state index in [1.54, 1.807) is 13.8 Å². The zero-order valence-corrected chi connectivity index (χ0v) is 15.7. The highest BCUT2D eigenvalue weighted by molar-refractivity contribution is 7.57. The number of carbonyl (C=O) groups excluding carboxylic acids is 2. The molecule has 0 atom stereocenters. The molecule has 0 aromatic rings. The maximum absolute atomic E-state index is 12.8. The van der Waals surface area contributed by atoms with Crippen molar-refractivity contribution in [2.75, 3.05) is 27.4 Å². The summed E-state index contributed by atoms with van der Waals surface area (Å²) in [6, 6.07) is 0. The lowest BCUT2D eigenvalue weighted by Crippen LogP contribution is -2.39. The second-order valence-electron chi connectivity index (χ2n) is 7.15. The predicted octanol–water partition coefficient (Wildman–Crippen LogP) is 2.82. The van der Waals surface area contributed by atoms with Crippen molar-refractivity contribution in [2.24, 2.45) is 10.8 Å². The third-order valence-corrected chi connectivity index (χ3v) is 5.71. The topological polar surface area (TPSA) is 88.1 Å². The van der Waals surface area contributed by atoms with E-state index in [2.05, 4.69) is 0 Å². The predicted molar refractivity (Wildman–Crippen MR) is 86.2 cm³/mol. The van der Waals surface area contributed by atoms with Crippen LogP contribution < -0.4 is 0 Å². The Balaban J connectivity index is 2.46. The Kier molecular flexibility index (Phi) is 4.83. The fraction of sp³-hybridized carbons (Fsp3) is 0.625. The minimum absolute atomic E-state index is 0.0570. The minimum atomic E-state index is -3.50. The summed E-state index contributed by atoms with van der Waals surface area (Å²) in [6.45, 7) is 7.89. The van der Waals surface area contributed by atoms with Crippen LogP contribution in [0.25, 0.3) is 0 Å². The Morgan fingerprint density at radius 2 is 1.54 bits per heavy atom. The molecule has 1 saturated heterocycles. The Labute approximate surface area is 141 Å². The lowest BCUT2D eigenvalue weighted by atomic mass is 9.62. The molecule has 0 aromatic heterocycles. The molecule has 1 fully saturated rings. The fourth-order valence-corrected chi connectivity index (χ4v) is 4.72. The quantitative estimate of drug-likeness (QED) is 0.566. The van der Waals surface area contributed by atoms with Gasteiger partial charge in [0, 0.05) is 16.6 Å². The molecule has 0 N–H and O–H groups in total. The number of esters is 2. The molecule has 134 valence electrons.